The second-order valence-corrected chi connectivity index (χ2v) is 4.98. The highest BCUT2D eigenvalue weighted by molar-refractivity contribution is 5.98. The lowest BCUT2D eigenvalue weighted by atomic mass is 10.1. The van der Waals surface area contributed by atoms with E-state index < -0.39 is 5.97 Å². The first kappa shape index (κ1) is 15.0. The molecule has 0 bridgehead atoms. The molecule has 0 aromatic heterocycles. The maximum Gasteiger partial charge on any atom is 0.323 e. The Morgan fingerprint density at radius 3 is 2.62 bits per heavy atom. The van der Waals surface area contributed by atoms with Crippen LogP contribution in [0.5, 0.6) is 0 Å². The van der Waals surface area contributed by atoms with Gasteiger partial charge < -0.3 is 14.9 Å². The Morgan fingerprint density at radius 1 is 1.33 bits per heavy atom. The van der Waals surface area contributed by atoms with E-state index in [1.807, 2.05) is 0 Å². The highest BCUT2D eigenvalue weighted by atomic mass is 16.4. The predicted molar refractivity (Wildman–Crippen MR) is 77.4 cm³/mol. The van der Waals surface area contributed by atoms with Gasteiger partial charge in [-0.05, 0) is 37.1 Å². The van der Waals surface area contributed by atoms with E-state index in [-0.39, 0.29) is 18.4 Å². The number of anilines is 1. The summed E-state index contributed by atoms with van der Waals surface area (Å²) in [4.78, 5) is 37.5. The number of amides is 2. The van der Waals surface area contributed by atoms with E-state index in [2.05, 4.69) is 0 Å². The summed E-state index contributed by atoms with van der Waals surface area (Å²) in [5.74, 6) is -1.35. The van der Waals surface area contributed by atoms with Gasteiger partial charge in [-0.2, -0.15) is 0 Å². The number of carboxylic acids is 1. The van der Waals surface area contributed by atoms with Crippen LogP contribution in [0, 0.1) is 0 Å². The SMILES string of the molecule is CCN(CC(=O)O)C(=O)c1ccc2c(c1)CCN2C(C)=O. The minimum Gasteiger partial charge on any atom is -0.480 e. The van der Waals surface area contributed by atoms with Crippen molar-refractivity contribution in [3.8, 4) is 0 Å². The predicted octanol–water partition coefficient (Wildman–Crippen LogP) is 1.14. The molecule has 0 spiro atoms. The van der Waals surface area contributed by atoms with Crippen molar-refractivity contribution in [3.05, 3.63) is 29.3 Å². The number of hydrogen-bond donors (Lipinski definition) is 1. The normalized spacial score (nSPS) is 13.0. The molecular formula is C15H18N2O4. The second kappa shape index (κ2) is 5.95. The van der Waals surface area contributed by atoms with Crippen molar-refractivity contribution in [1.82, 2.24) is 4.90 Å². The minimum atomic E-state index is -1.03. The molecule has 21 heavy (non-hydrogen) atoms. The molecule has 6 nitrogen and oxygen atoms in total. The van der Waals surface area contributed by atoms with Crippen molar-refractivity contribution in [3.63, 3.8) is 0 Å². The van der Waals surface area contributed by atoms with E-state index >= 15 is 0 Å². The van der Waals surface area contributed by atoms with Gasteiger partial charge in [-0.15, -0.1) is 0 Å². The zero-order valence-electron chi connectivity index (χ0n) is 12.1. The number of carbonyl (C=O) groups excluding carboxylic acids is 2. The molecule has 0 radical (unpaired) electrons. The Kier molecular flexibility index (Phi) is 4.26. The van der Waals surface area contributed by atoms with Gasteiger partial charge in [-0.1, -0.05) is 0 Å². The summed E-state index contributed by atoms with van der Waals surface area (Å²) in [7, 11) is 0. The molecule has 2 amide bonds. The maximum absolute atomic E-state index is 12.3. The molecule has 0 fully saturated rings. The average Bonchev–Trinajstić information content (AvgIpc) is 2.86. The van der Waals surface area contributed by atoms with Crippen molar-refractivity contribution < 1.29 is 19.5 Å². The van der Waals surface area contributed by atoms with Crippen LogP contribution in [0.1, 0.15) is 29.8 Å². The lowest BCUT2D eigenvalue weighted by Crippen LogP contribution is -2.35. The number of fused-ring (bicyclic) bond motifs is 1. The Labute approximate surface area is 123 Å². The fraction of sp³-hybridized carbons (Fsp3) is 0.400. The third-order valence-electron chi connectivity index (χ3n) is 3.60. The van der Waals surface area contributed by atoms with Crippen molar-refractivity contribution in [2.45, 2.75) is 20.3 Å². The summed E-state index contributed by atoms with van der Waals surface area (Å²) >= 11 is 0. The lowest BCUT2D eigenvalue weighted by Gasteiger charge is -2.19. The Bertz CT molecular complexity index is 597. The largest absolute Gasteiger partial charge is 0.480 e. The number of benzene rings is 1. The van der Waals surface area contributed by atoms with E-state index in [1.165, 1.54) is 11.8 Å². The lowest BCUT2D eigenvalue weighted by molar-refractivity contribution is -0.137. The molecule has 1 N–H and O–H groups in total. The summed E-state index contributed by atoms with van der Waals surface area (Å²) in [5.41, 5.74) is 2.24. The van der Waals surface area contributed by atoms with Crippen molar-refractivity contribution in [1.29, 1.82) is 0 Å². The van der Waals surface area contributed by atoms with Gasteiger partial charge >= 0.3 is 5.97 Å². The standard InChI is InChI=1S/C15H18N2O4/c1-3-16(9-14(19)20)15(21)12-4-5-13-11(8-12)6-7-17(13)10(2)18/h4-5,8H,3,6-7,9H2,1-2H3,(H,19,20). The van der Waals surface area contributed by atoms with Gasteiger partial charge in [0.1, 0.15) is 6.54 Å². The smallest absolute Gasteiger partial charge is 0.323 e. The molecule has 0 saturated carbocycles. The average molecular weight is 290 g/mol. The highest BCUT2D eigenvalue weighted by Crippen LogP contribution is 2.29. The van der Waals surface area contributed by atoms with Crippen molar-refractivity contribution in [2.24, 2.45) is 0 Å². The van der Waals surface area contributed by atoms with Gasteiger partial charge in [0.15, 0.2) is 0 Å². The van der Waals surface area contributed by atoms with Gasteiger partial charge in [-0.25, -0.2) is 0 Å². The van der Waals surface area contributed by atoms with Crippen LogP contribution in [0.15, 0.2) is 18.2 Å². The fourth-order valence-electron chi connectivity index (χ4n) is 2.53. The van der Waals surface area contributed by atoms with Crippen LogP contribution in [-0.4, -0.2) is 47.4 Å². The number of nitrogens with zero attached hydrogens (tertiary/aromatic N) is 2. The topological polar surface area (TPSA) is 77.9 Å². The monoisotopic (exact) mass is 290 g/mol. The molecule has 1 heterocycles. The first-order valence-corrected chi connectivity index (χ1v) is 6.86. The molecule has 1 aromatic carbocycles. The Hall–Kier alpha value is -2.37. The molecule has 1 aliphatic rings. The second-order valence-electron chi connectivity index (χ2n) is 4.98. The van der Waals surface area contributed by atoms with Crippen LogP contribution in [0.3, 0.4) is 0 Å². The first-order valence-electron chi connectivity index (χ1n) is 6.86. The third-order valence-corrected chi connectivity index (χ3v) is 3.60. The van der Waals surface area contributed by atoms with Gasteiger partial charge in [0.05, 0.1) is 0 Å². The molecule has 6 heteroatoms. The fourth-order valence-corrected chi connectivity index (χ4v) is 2.53. The van der Waals surface area contributed by atoms with Crippen LogP contribution in [-0.2, 0) is 16.0 Å². The van der Waals surface area contributed by atoms with Crippen LogP contribution in [0.4, 0.5) is 5.69 Å². The molecular weight excluding hydrogens is 272 g/mol. The van der Waals surface area contributed by atoms with Crippen LogP contribution < -0.4 is 4.90 Å². The molecule has 0 unspecified atom stereocenters. The molecule has 0 aliphatic carbocycles. The first-order chi connectivity index (χ1) is 9.93. The molecule has 1 aromatic rings. The summed E-state index contributed by atoms with van der Waals surface area (Å²) in [5, 5.41) is 8.82. The van der Waals surface area contributed by atoms with Crippen LogP contribution in [0.2, 0.25) is 0 Å². The number of aliphatic carboxylic acids is 1. The Balaban J connectivity index is 2.25. The number of likely N-dealkylation sites (N-methyl/N-ethyl adjacent to an activating group) is 1. The van der Waals surface area contributed by atoms with E-state index in [1.54, 1.807) is 30.0 Å². The summed E-state index contributed by atoms with van der Waals surface area (Å²) in [6.45, 7) is 3.90. The number of carboxylic acid groups (broad SMARTS) is 1. The summed E-state index contributed by atoms with van der Waals surface area (Å²) in [6.07, 6.45) is 0.709. The number of rotatable bonds is 4. The number of hydrogen-bond acceptors (Lipinski definition) is 3. The number of carbonyl (C=O) groups is 3. The molecule has 0 atom stereocenters. The molecule has 2 rings (SSSR count). The van der Waals surface area contributed by atoms with Gasteiger partial charge in [0, 0.05) is 31.3 Å². The van der Waals surface area contributed by atoms with E-state index in [9.17, 15) is 14.4 Å². The van der Waals surface area contributed by atoms with Crippen LogP contribution in [0.25, 0.3) is 0 Å². The highest BCUT2D eigenvalue weighted by Gasteiger charge is 2.24. The van der Waals surface area contributed by atoms with Gasteiger partial charge in [0.25, 0.3) is 5.91 Å². The minimum absolute atomic E-state index is 0.0195. The van der Waals surface area contributed by atoms with Gasteiger partial charge in [-0.3, -0.25) is 14.4 Å². The van der Waals surface area contributed by atoms with E-state index in [0.717, 1.165) is 11.3 Å². The van der Waals surface area contributed by atoms with Crippen molar-refractivity contribution >= 4 is 23.5 Å². The van der Waals surface area contributed by atoms with E-state index in [4.69, 9.17) is 5.11 Å². The quantitative estimate of drug-likeness (QED) is 0.902. The molecule has 1 aliphatic heterocycles. The zero-order valence-corrected chi connectivity index (χ0v) is 12.1. The zero-order chi connectivity index (χ0) is 15.6. The van der Waals surface area contributed by atoms with Crippen LogP contribution >= 0.6 is 0 Å². The molecule has 0 saturated heterocycles. The van der Waals surface area contributed by atoms with Crippen molar-refractivity contribution in [2.75, 3.05) is 24.5 Å². The van der Waals surface area contributed by atoms with Gasteiger partial charge in [0.2, 0.25) is 5.91 Å². The third kappa shape index (κ3) is 3.04. The molecule has 112 valence electrons. The maximum atomic E-state index is 12.3. The summed E-state index contributed by atoms with van der Waals surface area (Å²) in [6, 6.07) is 5.16. The van der Waals surface area contributed by atoms with E-state index in [0.29, 0.717) is 25.1 Å². The summed E-state index contributed by atoms with van der Waals surface area (Å²) < 4.78 is 0. The Morgan fingerprint density at radius 2 is 2.05 bits per heavy atom.